The highest BCUT2D eigenvalue weighted by molar-refractivity contribution is 7.98. The number of benzene rings is 1. The monoisotopic (exact) mass is 219 g/mol. The van der Waals surface area contributed by atoms with Gasteiger partial charge >= 0.3 is 0 Å². The molecule has 0 saturated carbocycles. The van der Waals surface area contributed by atoms with Crippen molar-refractivity contribution in [2.24, 2.45) is 5.73 Å². The molecule has 0 saturated heterocycles. The van der Waals surface area contributed by atoms with E-state index in [2.05, 4.69) is 21.7 Å². The fourth-order valence-electron chi connectivity index (χ4n) is 1.47. The smallest absolute Gasteiger partial charge is 0.172 e. The van der Waals surface area contributed by atoms with Crippen molar-refractivity contribution in [3.05, 3.63) is 42.2 Å². The van der Waals surface area contributed by atoms with Crippen molar-refractivity contribution < 1.29 is 0 Å². The molecule has 1 aromatic heterocycles. The maximum Gasteiger partial charge on any atom is 0.172 e. The number of hydrogen-bond acceptors (Lipinski definition) is 3. The third-order valence-corrected chi connectivity index (χ3v) is 2.88. The number of rotatable bonds is 3. The average Bonchev–Trinajstić information content (AvgIpc) is 2.77. The summed E-state index contributed by atoms with van der Waals surface area (Å²) in [7, 11) is 0. The Labute approximate surface area is 93.3 Å². The fourth-order valence-corrected chi connectivity index (χ4v) is 2.00. The van der Waals surface area contributed by atoms with Crippen LogP contribution >= 0.6 is 11.8 Å². The fraction of sp³-hybridized carbons (Fsp3) is 0.182. The lowest BCUT2D eigenvalue weighted by atomic mass is 10.2. The van der Waals surface area contributed by atoms with Crippen molar-refractivity contribution in [1.29, 1.82) is 0 Å². The highest BCUT2D eigenvalue weighted by atomic mass is 32.2. The Kier molecular flexibility index (Phi) is 3.08. The summed E-state index contributed by atoms with van der Waals surface area (Å²) in [6.07, 6.45) is 5.79. The van der Waals surface area contributed by atoms with Gasteiger partial charge in [0.2, 0.25) is 0 Å². The number of nitrogens with zero attached hydrogens (tertiary/aromatic N) is 2. The largest absolute Gasteiger partial charge is 0.326 e. The molecule has 0 fully saturated rings. The summed E-state index contributed by atoms with van der Waals surface area (Å²) in [6, 6.07) is 8.18. The van der Waals surface area contributed by atoms with Gasteiger partial charge in [0, 0.05) is 24.6 Å². The molecule has 0 aliphatic heterocycles. The molecule has 2 rings (SSSR count). The van der Waals surface area contributed by atoms with Gasteiger partial charge in [0.25, 0.3) is 0 Å². The summed E-state index contributed by atoms with van der Waals surface area (Å²) in [5, 5.41) is 0.990. The second-order valence-corrected chi connectivity index (χ2v) is 3.93. The normalized spacial score (nSPS) is 10.5. The van der Waals surface area contributed by atoms with Gasteiger partial charge in [0.05, 0.1) is 0 Å². The molecule has 0 radical (unpaired) electrons. The molecule has 0 bridgehead atoms. The maximum absolute atomic E-state index is 5.61. The van der Waals surface area contributed by atoms with E-state index in [1.165, 1.54) is 0 Å². The highest BCUT2D eigenvalue weighted by Gasteiger charge is 2.03. The Balaban J connectivity index is 2.44. The zero-order chi connectivity index (χ0) is 10.7. The molecule has 0 unspecified atom stereocenters. The van der Waals surface area contributed by atoms with Crippen LogP contribution in [0.1, 0.15) is 5.56 Å². The third-order valence-electron chi connectivity index (χ3n) is 2.21. The summed E-state index contributed by atoms with van der Waals surface area (Å²) in [5.74, 6) is 0. The minimum absolute atomic E-state index is 0.567. The van der Waals surface area contributed by atoms with Gasteiger partial charge in [-0.2, -0.15) is 0 Å². The summed E-state index contributed by atoms with van der Waals surface area (Å²) >= 11 is 1.63. The van der Waals surface area contributed by atoms with Crippen LogP contribution in [0.4, 0.5) is 0 Å². The van der Waals surface area contributed by atoms with Gasteiger partial charge < -0.3 is 5.73 Å². The molecule has 0 spiro atoms. The molecule has 15 heavy (non-hydrogen) atoms. The minimum Gasteiger partial charge on any atom is -0.326 e. The van der Waals surface area contributed by atoms with Gasteiger partial charge in [0.15, 0.2) is 5.16 Å². The average molecular weight is 219 g/mol. The van der Waals surface area contributed by atoms with Gasteiger partial charge in [-0.1, -0.05) is 23.9 Å². The van der Waals surface area contributed by atoms with E-state index in [0.717, 1.165) is 16.4 Å². The van der Waals surface area contributed by atoms with Gasteiger partial charge in [-0.05, 0) is 24.0 Å². The zero-order valence-electron chi connectivity index (χ0n) is 8.55. The molecule has 1 heterocycles. The van der Waals surface area contributed by atoms with E-state index < -0.39 is 0 Å². The van der Waals surface area contributed by atoms with E-state index >= 15 is 0 Å². The molecular formula is C11H13N3S. The van der Waals surface area contributed by atoms with Crippen molar-refractivity contribution in [1.82, 2.24) is 9.55 Å². The van der Waals surface area contributed by atoms with Gasteiger partial charge in [0.1, 0.15) is 0 Å². The van der Waals surface area contributed by atoms with Crippen LogP contribution in [0.2, 0.25) is 0 Å². The molecule has 3 nitrogen and oxygen atoms in total. The van der Waals surface area contributed by atoms with E-state index in [1.807, 2.05) is 24.6 Å². The van der Waals surface area contributed by atoms with E-state index in [9.17, 15) is 0 Å². The number of aromatic nitrogens is 2. The summed E-state index contributed by atoms with van der Waals surface area (Å²) in [5.41, 5.74) is 7.86. The van der Waals surface area contributed by atoms with Crippen LogP contribution in [0.5, 0.6) is 0 Å². The van der Waals surface area contributed by atoms with Crippen LogP contribution in [0.25, 0.3) is 5.69 Å². The molecule has 78 valence electrons. The number of hydrogen-bond donors (Lipinski definition) is 1. The Morgan fingerprint density at radius 3 is 3.07 bits per heavy atom. The Morgan fingerprint density at radius 1 is 1.47 bits per heavy atom. The number of nitrogens with two attached hydrogens (primary N) is 1. The lowest BCUT2D eigenvalue weighted by Crippen LogP contribution is -1.99. The Morgan fingerprint density at radius 2 is 2.33 bits per heavy atom. The van der Waals surface area contributed by atoms with Gasteiger partial charge in [-0.15, -0.1) is 0 Å². The van der Waals surface area contributed by atoms with Crippen LogP contribution < -0.4 is 5.73 Å². The van der Waals surface area contributed by atoms with Crippen molar-refractivity contribution in [3.63, 3.8) is 0 Å². The Bertz CT molecular complexity index is 451. The quantitative estimate of drug-likeness (QED) is 0.803. The first kappa shape index (κ1) is 10.3. The van der Waals surface area contributed by atoms with Crippen LogP contribution in [0.3, 0.4) is 0 Å². The molecule has 0 aliphatic rings. The topological polar surface area (TPSA) is 43.8 Å². The molecule has 0 amide bonds. The first-order valence-corrected chi connectivity index (χ1v) is 5.94. The zero-order valence-corrected chi connectivity index (χ0v) is 9.37. The molecule has 0 atom stereocenters. The predicted molar refractivity (Wildman–Crippen MR) is 63.2 cm³/mol. The predicted octanol–water partition coefficient (Wildman–Crippen LogP) is 2.05. The van der Waals surface area contributed by atoms with Crippen LogP contribution in [-0.4, -0.2) is 15.8 Å². The van der Waals surface area contributed by atoms with E-state index in [4.69, 9.17) is 5.73 Å². The van der Waals surface area contributed by atoms with E-state index in [-0.39, 0.29) is 0 Å². The van der Waals surface area contributed by atoms with Crippen molar-refractivity contribution in [2.75, 3.05) is 6.26 Å². The lowest BCUT2D eigenvalue weighted by molar-refractivity contribution is 0.893. The summed E-state index contributed by atoms with van der Waals surface area (Å²) in [6.45, 7) is 0.567. The number of thioether (sulfide) groups is 1. The third kappa shape index (κ3) is 2.06. The van der Waals surface area contributed by atoms with Crippen LogP contribution in [-0.2, 0) is 6.54 Å². The Hall–Kier alpha value is -1.26. The highest BCUT2D eigenvalue weighted by Crippen LogP contribution is 2.18. The van der Waals surface area contributed by atoms with Crippen LogP contribution in [0.15, 0.2) is 41.8 Å². The first-order valence-electron chi connectivity index (χ1n) is 4.72. The van der Waals surface area contributed by atoms with Crippen LogP contribution in [0, 0.1) is 0 Å². The van der Waals surface area contributed by atoms with Crippen molar-refractivity contribution in [3.8, 4) is 5.69 Å². The summed E-state index contributed by atoms with van der Waals surface area (Å²) in [4.78, 5) is 4.26. The molecular weight excluding hydrogens is 206 g/mol. The van der Waals surface area contributed by atoms with Crippen molar-refractivity contribution >= 4 is 11.8 Å². The van der Waals surface area contributed by atoms with Gasteiger partial charge in [-0.25, -0.2) is 4.98 Å². The summed E-state index contributed by atoms with van der Waals surface area (Å²) < 4.78 is 2.06. The SMILES string of the molecule is CSc1nccn1-c1cccc(CN)c1. The second-order valence-electron chi connectivity index (χ2n) is 3.16. The lowest BCUT2D eigenvalue weighted by Gasteiger charge is -2.07. The van der Waals surface area contributed by atoms with E-state index in [0.29, 0.717) is 6.54 Å². The molecule has 2 N–H and O–H groups in total. The molecule has 0 aliphatic carbocycles. The van der Waals surface area contributed by atoms with E-state index in [1.54, 1.807) is 18.0 Å². The standard InChI is InChI=1S/C11H13N3S/c1-15-11-13-5-6-14(11)10-4-2-3-9(7-10)8-12/h2-7H,8,12H2,1H3. The first-order chi connectivity index (χ1) is 7.35. The number of imidazole rings is 1. The molecule has 1 aromatic carbocycles. The van der Waals surface area contributed by atoms with Gasteiger partial charge in [-0.3, -0.25) is 4.57 Å². The molecule has 4 heteroatoms. The minimum atomic E-state index is 0.567. The second kappa shape index (κ2) is 4.51. The molecule has 2 aromatic rings. The maximum atomic E-state index is 5.61. The van der Waals surface area contributed by atoms with Crippen molar-refractivity contribution in [2.45, 2.75) is 11.7 Å².